The van der Waals surface area contributed by atoms with Crippen molar-refractivity contribution in [3.8, 4) is 5.75 Å². The summed E-state index contributed by atoms with van der Waals surface area (Å²) in [6, 6.07) is 3.12. The molecule has 0 amide bonds. The molecule has 1 fully saturated rings. The summed E-state index contributed by atoms with van der Waals surface area (Å²) in [4.78, 5) is 5.34. The van der Waals surface area contributed by atoms with Crippen molar-refractivity contribution in [3.63, 3.8) is 0 Å². The summed E-state index contributed by atoms with van der Waals surface area (Å²) >= 11 is 0. The molecule has 4 nitrogen and oxygen atoms in total. The summed E-state index contributed by atoms with van der Waals surface area (Å²) in [6.45, 7) is 9.69. The number of rotatable bonds is 1. The first-order valence-corrected chi connectivity index (χ1v) is 6.82. The highest BCUT2D eigenvalue weighted by Crippen LogP contribution is 2.37. The van der Waals surface area contributed by atoms with Crippen molar-refractivity contribution >= 4 is 12.6 Å². The van der Waals surface area contributed by atoms with Crippen LogP contribution in [-0.2, 0) is 9.31 Å². The van der Waals surface area contributed by atoms with Crippen LogP contribution in [0.25, 0.3) is 0 Å². The molecule has 0 radical (unpaired) electrons. The van der Waals surface area contributed by atoms with Gasteiger partial charge in [0, 0.05) is 11.0 Å². The number of fused-ring (bicyclic) bond motifs is 1. The number of halogens is 1. The van der Waals surface area contributed by atoms with Gasteiger partial charge in [-0.25, -0.2) is 4.39 Å². The lowest BCUT2D eigenvalue weighted by Crippen LogP contribution is -2.41. The maximum Gasteiger partial charge on any atom is 0.497 e. The monoisotopic (exact) mass is 279 g/mol. The third-order valence-corrected chi connectivity index (χ3v) is 4.45. The van der Waals surface area contributed by atoms with E-state index < -0.39 is 18.3 Å². The van der Waals surface area contributed by atoms with E-state index in [1.165, 1.54) is 6.07 Å². The van der Waals surface area contributed by atoms with Crippen molar-refractivity contribution < 1.29 is 18.5 Å². The van der Waals surface area contributed by atoms with Crippen LogP contribution in [0.2, 0.25) is 0 Å². The van der Waals surface area contributed by atoms with Crippen molar-refractivity contribution in [2.45, 2.75) is 51.9 Å². The summed E-state index contributed by atoms with van der Waals surface area (Å²) < 4.78 is 26.1. The Morgan fingerprint density at radius 2 is 1.75 bits per heavy atom. The zero-order valence-corrected chi connectivity index (χ0v) is 12.4. The second-order valence-electron chi connectivity index (χ2n) is 6.44. The summed E-state index contributed by atoms with van der Waals surface area (Å²) in [7, 11) is -0.718. The molecule has 3 rings (SSSR count). The van der Waals surface area contributed by atoms with Gasteiger partial charge in [0.1, 0.15) is 5.82 Å². The summed E-state index contributed by atoms with van der Waals surface area (Å²) in [6.07, 6.45) is 0. The highest BCUT2D eigenvalue weighted by molar-refractivity contribution is 6.62. The van der Waals surface area contributed by atoms with Crippen LogP contribution in [0.4, 0.5) is 4.39 Å². The fraction of sp³-hybridized carbons (Fsp3) is 0.571. The molecule has 0 saturated carbocycles. The first-order valence-electron chi connectivity index (χ1n) is 6.82. The number of hydroxylamine groups is 1. The van der Waals surface area contributed by atoms with Crippen molar-refractivity contribution in [3.05, 3.63) is 23.5 Å². The molecule has 0 bridgehead atoms. The molecule has 1 N–H and O–H groups in total. The highest BCUT2D eigenvalue weighted by Gasteiger charge is 2.52. The van der Waals surface area contributed by atoms with E-state index in [4.69, 9.17) is 14.1 Å². The van der Waals surface area contributed by atoms with E-state index in [2.05, 4.69) is 5.48 Å². The molecular formula is C14H19BFNO3. The lowest BCUT2D eigenvalue weighted by molar-refractivity contribution is 0.00578. The first-order chi connectivity index (χ1) is 9.21. The zero-order valence-electron chi connectivity index (χ0n) is 12.4. The Morgan fingerprint density at radius 3 is 2.35 bits per heavy atom. The largest absolute Gasteiger partial charge is 0.497 e. The van der Waals surface area contributed by atoms with Gasteiger partial charge in [-0.1, -0.05) is 0 Å². The fourth-order valence-electron chi connectivity index (χ4n) is 2.38. The Morgan fingerprint density at radius 1 is 1.15 bits per heavy atom. The van der Waals surface area contributed by atoms with Gasteiger partial charge in [-0.15, -0.1) is 5.48 Å². The SMILES string of the molecule is CC1NOc2cc(B3OC(C)(C)C(C)(C)O3)c(F)cc21. The van der Waals surface area contributed by atoms with Gasteiger partial charge in [0.2, 0.25) is 0 Å². The van der Waals surface area contributed by atoms with Crippen LogP contribution in [0.3, 0.4) is 0 Å². The Balaban J connectivity index is 1.97. The quantitative estimate of drug-likeness (QED) is 0.799. The van der Waals surface area contributed by atoms with Gasteiger partial charge >= 0.3 is 7.12 Å². The molecule has 2 aliphatic heterocycles. The van der Waals surface area contributed by atoms with Crippen LogP contribution in [0.5, 0.6) is 5.75 Å². The smallest absolute Gasteiger partial charge is 0.408 e. The molecular weight excluding hydrogens is 260 g/mol. The van der Waals surface area contributed by atoms with E-state index in [1.807, 2.05) is 34.6 Å². The van der Waals surface area contributed by atoms with E-state index in [1.54, 1.807) is 6.07 Å². The Hall–Kier alpha value is -1.11. The first kappa shape index (κ1) is 13.9. The van der Waals surface area contributed by atoms with E-state index >= 15 is 0 Å². The maximum atomic E-state index is 14.3. The normalized spacial score (nSPS) is 26.5. The van der Waals surface area contributed by atoms with Crippen LogP contribution >= 0.6 is 0 Å². The predicted octanol–water partition coefficient (Wildman–Crippen LogP) is 2.08. The van der Waals surface area contributed by atoms with Gasteiger partial charge in [-0.3, -0.25) is 0 Å². The Labute approximate surface area is 118 Å². The molecule has 108 valence electrons. The molecule has 1 saturated heterocycles. The molecule has 6 heteroatoms. The van der Waals surface area contributed by atoms with Crippen LogP contribution in [0.15, 0.2) is 12.1 Å². The molecule has 2 aliphatic rings. The molecule has 1 unspecified atom stereocenters. The third-order valence-electron chi connectivity index (χ3n) is 4.45. The minimum Gasteiger partial charge on any atom is -0.408 e. The van der Waals surface area contributed by atoms with Crippen LogP contribution in [-0.4, -0.2) is 18.3 Å². The molecule has 0 spiro atoms. The minimum absolute atomic E-state index is 0.0214. The van der Waals surface area contributed by atoms with Gasteiger partial charge in [0.05, 0.1) is 17.2 Å². The van der Waals surface area contributed by atoms with E-state index in [9.17, 15) is 4.39 Å². The molecule has 20 heavy (non-hydrogen) atoms. The highest BCUT2D eigenvalue weighted by atomic mass is 19.1. The van der Waals surface area contributed by atoms with Crippen LogP contribution in [0, 0.1) is 5.82 Å². The van der Waals surface area contributed by atoms with Crippen LogP contribution in [0.1, 0.15) is 46.2 Å². The van der Waals surface area contributed by atoms with Crippen molar-refractivity contribution in [1.82, 2.24) is 5.48 Å². The van der Waals surface area contributed by atoms with Gasteiger partial charge < -0.3 is 14.1 Å². The fourth-order valence-corrected chi connectivity index (χ4v) is 2.38. The maximum absolute atomic E-state index is 14.3. The number of hydrogen-bond acceptors (Lipinski definition) is 4. The minimum atomic E-state index is -0.718. The lowest BCUT2D eigenvalue weighted by Gasteiger charge is -2.32. The standard InChI is InChI=1S/C14H19BFNO3/c1-8-9-6-11(16)10(7-12(9)18-17-8)15-19-13(2,3)14(4,5)20-15/h6-8,17H,1-5H3. The average Bonchev–Trinajstić information content (AvgIpc) is 2.77. The number of benzene rings is 1. The summed E-state index contributed by atoms with van der Waals surface area (Å²) in [5.41, 5.74) is 3.01. The zero-order chi connectivity index (χ0) is 14.7. The molecule has 0 aliphatic carbocycles. The number of nitrogens with one attached hydrogen (secondary N) is 1. The number of hydrogen-bond donors (Lipinski definition) is 1. The van der Waals surface area contributed by atoms with Crippen LogP contribution < -0.4 is 15.8 Å². The van der Waals surface area contributed by atoms with E-state index in [0.717, 1.165) is 5.56 Å². The average molecular weight is 279 g/mol. The topological polar surface area (TPSA) is 39.7 Å². The second kappa shape index (κ2) is 4.19. The van der Waals surface area contributed by atoms with Crippen molar-refractivity contribution in [1.29, 1.82) is 0 Å². The van der Waals surface area contributed by atoms with Gasteiger partial charge in [-0.05, 0) is 46.8 Å². The Bertz CT molecular complexity index is 546. The lowest BCUT2D eigenvalue weighted by atomic mass is 9.78. The van der Waals surface area contributed by atoms with Gasteiger partial charge in [0.15, 0.2) is 5.75 Å². The summed E-state index contributed by atoms with van der Waals surface area (Å²) in [5, 5.41) is 0. The second-order valence-corrected chi connectivity index (χ2v) is 6.44. The molecule has 1 aromatic carbocycles. The molecule has 0 aromatic heterocycles. The summed E-state index contributed by atoms with van der Waals surface area (Å²) in [5.74, 6) is 0.296. The van der Waals surface area contributed by atoms with Gasteiger partial charge in [-0.2, -0.15) is 0 Å². The molecule has 1 aromatic rings. The predicted molar refractivity (Wildman–Crippen MR) is 74.3 cm³/mol. The van der Waals surface area contributed by atoms with Crippen molar-refractivity contribution in [2.75, 3.05) is 0 Å². The molecule has 2 heterocycles. The van der Waals surface area contributed by atoms with Crippen molar-refractivity contribution in [2.24, 2.45) is 0 Å². The third kappa shape index (κ3) is 1.94. The molecule has 1 atom stereocenters. The van der Waals surface area contributed by atoms with E-state index in [0.29, 0.717) is 11.2 Å². The van der Waals surface area contributed by atoms with E-state index in [-0.39, 0.29) is 11.9 Å². The van der Waals surface area contributed by atoms with Gasteiger partial charge in [0.25, 0.3) is 0 Å². The Kier molecular flexibility index (Phi) is 2.91.